The van der Waals surface area contributed by atoms with Gasteiger partial charge in [0.1, 0.15) is 6.04 Å². The minimum absolute atomic E-state index is 0. The Balaban J connectivity index is 0. The third kappa shape index (κ3) is 12.7. The van der Waals surface area contributed by atoms with Crippen LogP contribution in [0.25, 0.3) is 0 Å². The van der Waals surface area contributed by atoms with Crippen molar-refractivity contribution in [1.82, 2.24) is 10.6 Å². The van der Waals surface area contributed by atoms with E-state index < -0.39 is 12.0 Å². The summed E-state index contributed by atoms with van der Waals surface area (Å²) in [7, 11) is 0. The van der Waals surface area contributed by atoms with Gasteiger partial charge in [0.2, 0.25) is 0 Å². The Bertz CT molecular complexity index is 235. The van der Waals surface area contributed by atoms with E-state index in [0.29, 0.717) is 19.5 Å². The van der Waals surface area contributed by atoms with E-state index in [-0.39, 0.29) is 57.1 Å². The molecule has 94 valence electrons. The Hall–Kier alpha value is 0.406. The van der Waals surface area contributed by atoms with Crippen LogP contribution in [-0.4, -0.2) is 30.2 Å². The van der Waals surface area contributed by atoms with Crippen molar-refractivity contribution in [3.8, 4) is 0 Å². The zero-order valence-corrected chi connectivity index (χ0v) is 14.1. The Morgan fingerprint density at radius 1 is 1.47 bits per heavy atom. The molecule has 0 spiro atoms. The first-order chi connectivity index (χ1) is 7.57. The second-order valence-electron chi connectivity index (χ2n) is 3.68. The van der Waals surface area contributed by atoms with Crippen molar-refractivity contribution in [2.45, 2.75) is 39.2 Å². The molecule has 5 nitrogen and oxygen atoms in total. The number of allylic oxidation sites excluding steroid dienone is 1. The molecule has 0 aliphatic carbocycles. The van der Waals surface area contributed by atoms with E-state index in [0.717, 1.165) is 12.8 Å². The predicted octanol–water partition coefficient (Wildman–Crippen LogP) is -2.97. The summed E-state index contributed by atoms with van der Waals surface area (Å²) in [6.07, 6.45) is 3.95. The second kappa shape index (κ2) is 12.9. The average molecular weight is 268 g/mol. The van der Waals surface area contributed by atoms with Gasteiger partial charge in [-0.25, -0.2) is 0 Å². The molecule has 0 aromatic carbocycles. The van der Waals surface area contributed by atoms with E-state index in [1.165, 1.54) is 6.20 Å². The fraction of sp³-hybridized carbons (Fsp3) is 0.727. The second-order valence-corrected chi connectivity index (χ2v) is 3.68. The minimum Gasteiger partial charge on any atom is -0.874 e. The maximum atomic E-state index is 11.2. The number of carboxylic acids is 1. The van der Waals surface area contributed by atoms with Gasteiger partial charge in [-0.15, -0.1) is 5.76 Å². The molecule has 6 heteroatoms. The number of rotatable bonds is 9. The van der Waals surface area contributed by atoms with E-state index in [1.807, 2.05) is 6.92 Å². The molecule has 0 amide bonds. The van der Waals surface area contributed by atoms with Gasteiger partial charge in [-0.2, -0.15) is 0 Å². The zero-order valence-electron chi connectivity index (χ0n) is 11.0. The Labute approximate surface area is 145 Å². The van der Waals surface area contributed by atoms with Crippen LogP contribution in [0.3, 0.4) is 0 Å². The molecule has 17 heavy (non-hydrogen) atoms. The monoisotopic (exact) mass is 268 g/mol. The molecule has 3 N–H and O–H groups in total. The van der Waals surface area contributed by atoms with Gasteiger partial charge in [-0.3, -0.25) is 4.79 Å². The topological polar surface area (TPSA) is 84.4 Å². The molecule has 0 bridgehead atoms. The quantitative estimate of drug-likeness (QED) is 0.236. The number of hydrogen-bond donors (Lipinski definition) is 3. The zero-order chi connectivity index (χ0) is 12.4. The summed E-state index contributed by atoms with van der Waals surface area (Å²) < 4.78 is 0. The van der Waals surface area contributed by atoms with E-state index in [1.54, 1.807) is 6.92 Å². The molecular formula is C11H21KN2O3. The van der Waals surface area contributed by atoms with Crippen LogP contribution in [0.1, 0.15) is 33.1 Å². The van der Waals surface area contributed by atoms with Crippen molar-refractivity contribution >= 4 is 5.97 Å². The Morgan fingerprint density at radius 2 is 2.12 bits per heavy atom. The number of carbonyl (C=O) groups is 1. The van der Waals surface area contributed by atoms with Crippen LogP contribution < -0.4 is 67.1 Å². The molecule has 0 rings (SSSR count). The van der Waals surface area contributed by atoms with Crippen LogP contribution in [0, 0.1) is 0 Å². The Kier molecular flexibility index (Phi) is 14.9. The van der Waals surface area contributed by atoms with E-state index in [4.69, 9.17) is 5.11 Å². The van der Waals surface area contributed by atoms with Crippen molar-refractivity contribution < 1.29 is 66.4 Å². The smallest absolute Gasteiger partial charge is 0.874 e. The number of unbranched alkanes of at least 4 members (excludes halogenated alkanes) is 1. The summed E-state index contributed by atoms with van der Waals surface area (Å²) >= 11 is 0. The van der Waals surface area contributed by atoms with Gasteiger partial charge in [0.25, 0.3) is 0 Å². The first-order valence-electron chi connectivity index (χ1n) is 5.63. The van der Waals surface area contributed by atoms with Crippen LogP contribution in [0.5, 0.6) is 0 Å². The van der Waals surface area contributed by atoms with E-state index in [2.05, 4.69) is 10.6 Å². The number of nitrogens with one attached hydrogen (secondary N) is 2. The normalized spacial score (nSPS) is 12.7. The molecule has 0 fully saturated rings. The minimum atomic E-state index is -0.872. The molecular weight excluding hydrogens is 247 g/mol. The maximum Gasteiger partial charge on any atom is 1.00 e. The van der Waals surface area contributed by atoms with Crippen LogP contribution in [-0.2, 0) is 4.79 Å². The SMILES string of the molecule is CCCC/C([O-])=C/NCCNC(C)C(=O)O.[K+]. The van der Waals surface area contributed by atoms with Gasteiger partial charge < -0.3 is 20.8 Å². The molecule has 1 atom stereocenters. The van der Waals surface area contributed by atoms with Gasteiger partial charge in [-0.05, 0) is 19.5 Å². The number of aliphatic carboxylic acids is 1. The largest absolute Gasteiger partial charge is 1.00 e. The summed E-state index contributed by atoms with van der Waals surface area (Å²) in [5, 5.41) is 25.4. The van der Waals surface area contributed by atoms with Crippen LogP contribution in [0.4, 0.5) is 0 Å². The third-order valence-corrected chi connectivity index (χ3v) is 2.13. The van der Waals surface area contributed by atoms with Gasteiger partial charge in [-0.1, -0.05) is 19.8 Å². The standard InChI is InChI=1S/C11H22N2O3.K/c1-3-4-5-10(14)8-12-6-7-13-9(2)11(15)16;/h8-9,12-14H,3-7H2,1-2H3,(H,15,16);/q;+1/p-1/b10-8-;. The Morgan fingerprint density at radius 3 is 2.65 bits per heavy atom. The first kappa shape index (κ1) is 19.7. The molecule has 1 unspecified atom stereocenters. The molecule has 0 aromatic rings. The van der Waals surface area contributed by atoms with Crippen molar-refractivity contribution in [3.05, 3.63) is 12.0 Å². The van der Waals surface area contributed by atoms with Gasteiger partial charge in [0.15, 0.2) is 0 Å². The molecule has 0 aromatic heterocycles. The van der Waals surface area contributed by atoms with Crippen molar-refractivity contribution in [3.63, 3.8) is 0 Å². The van der Waals surface area contributed by atoms with Gasteiger partial charge >= 0.3 is 57.4 Å². The maximum absolute atomic E-state index is 11.2. The third-order valence-electron chi connectivity index (χ3n) is 2.13. The van der Waals surface area contributed by atoms with Gasteiger partial charge in [0.05, 0.1) is 0 Å². The molecule has 0 aliphatic heterocycles. The summed E-state index contributed by atoms with van der Waals surface area (Å²) in [4.78, 5) is 10.4. The van der Waals surface area contributed by atoms with E-state index in [9.17, 15) is 9.90 Å². The summed E-state index contributed by atoms with van der Waals surface area (Å²) in [5.74, 6) is -0.781. The number of hydrogen-bond acceptors (Lipinski definition) is 4. The fourth-order valence-corrected chi connectivity index (χ4v) is 1.06. The molecule has 0 radical (unpaired) electrons. The molecule has 0 saturated heterocycles. The molecule has 0 aliphatic rings. The fourth-order valence-electron chi connectivity index (χ4n) is 1.06. The van der Waals surface area contributed by atoms with Crippen LogP contribution in [0.2, 0.25) is 0 Å². The van der Waals surface area contributed by atoms with Crippen molar-refractivity contribution in [2.24, 2.45) is 0 Å². The van der Waals surface area contributed by atoms with Crippen LogP contribution >= 0.6 is 0 Å². The first-order valence-corrected chi connectivity index (χ1v) is 5.63. The van der Waals surface area contributed by atoms with Crippen molar-refractivity contribution in [1.29, 1.82) is 0 Å². The summed E-state index contributed by atoms with van der Waals surface area (Å²) in [5.41, 5.74) is 0. The predicted molar refractivity (Wildman–Crippen MR) is 60.7 cm³/mol. The summed E-state index contributed by atoms with van der Waals surface area (Å²) in [6, 6.07) is -0.558. The van der Waals surface area contributed by atoms with Crippen LogP contribution in [0.15, 0.2) is 12.0 Å². The molecule has 0 heterocycles. The molecule has 0 saturated carbocycles. The average Bonchev–Trinajstić information content (AvgIpc) is 2.25. The van der Waals surface area contributed by atoms with Crippen molar-refractivity contribution in [2.75, 3.05) is 13.1 Å². The van der Waals surface area contributed by atoms with Gasteiger partial charge in [0, 0.05) is 13.1 Å². The number of carboxylic acid groups (broad SMARTS) is 1. The summed E-state index contributed by atoms with van der Waals surface area (Å²) in [6.45, 7) is 4.69. The van der Waals surface area contributed by atoms with E-state index >= 15 is 0 Å².